The van der Waals surface area contributed by atoms with Gasteiger partial charge in [-0.15, -0.1) is 0 Å². The van der Waals surface area contributed by atoms with Gasteiger partial charge in [0.15, 0.2) is 0 Å². The summed E-state index contributed by atoms with van der Waals surface area (Å²) in [7, 11) is 0. The Balaban J connectivity index is 0.997. The Labute approximate surface area is 495 Å². The number of hydrogen-bond donors (Lipinski definition) is 0. The molecule has 0 amide bonds. The molecule has 0 radical (unpaired) electrons. The molecule has 4 nitrogen and oxygen atoms in total. The number of furan rings is 1. The normalized spacial score (nSPS) is 14.4. The highest BCUT2D eigenvalue weighted by atomic mass is 16.3. The molecule has 14 rings (SSSR count). The fraction of sp³-hybridized carbons (Fsp3) is 0.225. The summed E-state index contributed by atoms with van der Waals surface area (Å²) in [4.78, 5) is 4.91. The topological polar surface area (TPSA) is 24.0 Å². The molecule has 10 aromatic carbocycles. The zero-order chi connectivity index (χ0) is 58.4. The van der Waals surface area contributed by atoms with Crippen LogP contribution in [0, 0.1) is 5.92 Å². The van der Waals surface area contributed by atoms with Crippen molar-refractivity contribution in [3.63, 3.8) is 0 Å². The van der Waals surface area contributed by atoms with E-state index in [1.165, 1.54) is 99.1 Å². The van der Waals surface area contributed by atoms with Crippen LogP contribution in [0.2, 0.25) is 0 Å². The van der Waals surface area contributed by atoms with E-state index in [1.54, 1.807) is 0 Å². The van der Waals surface area contributed by atoms with Crippen molar-refractivity contribution in [3.8, 4) is 11.1 Å². The summed E-state index contributed by atoms with van der Waals surface area (Å²) in [6.07, 6.45) is 7.23. The predicted octanol–water partition coefficient (Wildman–Crippen LogP) is 23.1. The van der Waals surface area contributed by atoms with Crippen molar-refractivity contribution in [1.29, 1.82) is 0 Å². The van der Waals surface area contributed by atoms with E-state index in [2.05, 4.69) is 310 Å². The SMILES string of the molecule is C[C@@H]1C=Cc2cc3c4cc(-c5ccc6oc7ccccc7c6c5)cc5c6cc7ccc(N(c8ccc(C(C)(C)C)cc8)c8ccc(C(C)(C)C)cc8)cc7cc6n(c3cc2C=C1N(c1ccc(C(C)(C)C)cc1)c1ccc(C(C)(C)C)cc1)c45. The van der Waals surface area contributed by atoms with Gasteiger partial charge in [0.25, 0.3) is 0 Å². The van der Waals surface area contributed by atoms with Crippen LogP contribution < -0.4 is 9.80 Å². The van der Waals surface area contributed by atoms with Crippen molar-refractivity contribution in [2.24, 2.45) is 5.92 Å². The van der Waals surface area contributed by atoms with Crippen LogP contribution in [0.5, 0.6) is 0 Å². The molecule has 1 atom stereocenters. The summed E-state index contributed by atoms with van der Waals surface area (Å²) in [5.74, 6) is 0.108. The molecule has 84 heavy (non-hydrogen) atoms. The van der Waals surface area contributed by atoms with Crippen LogP contribution in [0.4, 0.5) is 28.4 Å². The smallest absolute Gasteiger partial charge is 0.135 e. The van der Waals surface area contributed by atoms with Crippen molar-refractivity contribution in [1.82, 2.24) is 4.40 Å². The van der Waals surface area contributed by atoms with Gasteiger partial charge in [-0.1, -0.05) is 181 Å². The second-order valence-electron chi connectivity index (χ2n) is 28.0. The lowest BCUT2D eigenvalue weighted by Gasteiger charge is -2.32. The maximum atomic E-state index is 6.36. The van der Waals surface area contributed by atoms with E-state index >= 15 is 0 Å². The number of rotatable bonds is 7. The molecular weight excluding hydrogens is 1020 g/mol. The Morgan fingerprint density at radius 1 is 0.369 bits per heavy atom. The Hall–Kier alpha value is -8.86. The average molecular weight is 1090 g/mol. The maximum Gasteiger partial charge on any atom is 0.135 e. The van der Waals surface area contributed by atoms with E-state index in [0.29, 0.717) is 0 Å². The molecule has 0 bridgehead atoms. The lowest BCUT2D eigenvalue weighted by Crippen LogP contribution is -2.21. The third-order valence-electron chi connectivity index (χ3n) is 18.1. The van der Waals surface area contributed by atoms with Crippen LogP contribution in [0.3, 0.4) is 0 Å². The van der Waals surface area contributed by atoms with Gasteiger partial charge in [-0.3, -0.25) is 0 Å². The van der Waals surface area contributed by atoms with Crippen LogP contribution in [-0.4, -0.2) is 4.40 Å². The van der Waals surface area contributed by atoms with Gasteiger partial charge in [-0.05, 0) is 198 Å². The molecule has 416 valence electrons. The van der Waals surface area contributed by atoms with E-state index in [4.69, 9.17) is 4.42 Å². The summed E-state index contributed by atoms with van der Waals surface area (Å²) >= 11 is 0. The largest absolute Gasteiger partial charge is 0.456 e. The number of para-hydroxylation sites is 1. The zero-order valence-corrected chi connectivity index (χ0v) is 51.0. The molecule has 0 saturated heterocycles. The number of fused-ring (bicyclic) bond motifs is 11. The Bertz CT molecular complexity index is 4670. The molecular formula is C80H75N3O. The molecule has 4 heteroatoms. The fourth-order valence-electron chi connectivity index (χ4n) is 13.1. The number of aromatic nitrogens is 1. The molecule has 1 aliphatic carbocycles. The lowest BCUT2D eigenvalue weighted by atomic mass is 9.86. The monoisotopic (exact) mass is 1090 g/mol. The van der Waals surface area contributed by atoms with Crippen LogP contribution in [0.1, 0.15) is 123 Å². The zero-order valence-electron chi connectivity index (χ0n) is 51.0. The number of allylic oxidation sites excluding steroid dienone is 1. The lowest BCUT2D eigenvalue weighted by molar-refractivity contribution is 0.590. The molecule has 0 spiro atoms. The van der Waals surface area contributed by atoms with E-state index in [9.17, 15) is 0 Å². The summed E-state index contributed by atoms with van der Waals surface area (Å²) in [5, 5.41) is 9.63. The first kappa shape index (κ1) is 53.2. The van der Waals surface area contributed by atoms with Gasteiger partial charge >= 0.3 is 0 Å². The van der Waals surface area contributed by atoms with Crippen LogP contribution in [0.15, 0.2) is 210 Å². The molecule has 0 saturated carbocycles. The van der Waals surface area contributed by atoms with Crippen molar-refractivity contribution in [3.05, 3.63) is 239 Å². The van der Waals surface area contributed by atoms with E-state index in [1.807, 2.05) is 6.07 Å². The quantitative estimate of drug-likeness (QED) is 0.159. The second kappa shape index (κ2) is 19.1. The molecule has 0 N–H and O–H groups in total. The summed E-state index contributed by atoms with van der Waals surface area (Å²) in [6, 6.07) is 73.7. The average Bonchev–Trinajstić information content (AvgIpc) is 1.64. The minimum Gasteiger partial charge on any atom is -0.456 e. The Kier molecular flexibility index (Phi) is 12.1. The van der Waals surface area contributed by atoms with Gasteiger partial charge in [-0.25, -0.2) is 0 Å². The first-order chi connectivity index (χ1) is 40.0. The van der Waals surface area contributed by atoms with Crippen molar-refractivity contribution in [2.75, 3.05) is 9.80 Å². The van der Waals surface area contributed by atoms with E-state index < -0.39 is 0 Å². The van der Waals surface area contributed by atoms with Crippen molar-refractivity contribution >= 4 is 111 Å². The molecule has 0 unspecified atom stereocenters. The van der Waals surface area contributed by atoms with Crippen molar-refractivity contribution in [2.45, 2.75) is 112 Å². The van der Waals surface area contributed by atoms with Gasteiger partial charge in [0.1, 0.15) is 11.2 Å². The van der Waals surface area contributed by atoms with Crippen molar-refractivity contribution < 1.29 is 4.42 Å². The van der Waals surface area contributed by atoms with Gasteiger partial charge in [0.05, 0.1) is 16.6 Å². The van der Waals surface area contributed by atoms with Crippen LogP contribution in [-0.2, 0) is 21.7 Å². The number of hydrogen-bond acceptors (Lipinski definition) is 3. The van der Waals surface area contributed by atoms with Gasteiger partial charge in [0, 0.05) is 72.4 Å². The minimum absolute atomic E-state index is 0.0378. The Morgan fingerprint density at radius 2 is 0.845 bits per heavy atom. The van der Waals surface area contributed by atoms with Crippen LogP contribution in [0.25, 0.3) is 94.1 Å². The first-order valence-electron chi connectivity index (χ1n) is 30.1. The summed E-state index contributed by atoms with van der Waals surface area (Å²) in [5.41, 5.74) is 22.5. The third-order valence-corrected chi connectivity index (χ3v) is 18.1. The van der Waals surface area contributed by atoms with E-state index in [-0.39, 0.29) is 27.6 Å². The van der Waals surface area contributed by atoms with E-state index in [0.717, 1.165) is 50.4 Å². The molecule has 3 heterocycles. The fourth-order valence-corrected chi connectivity index (χ4v) is 13.1. The third kappa shape index (κ3) is 9.04. The first-order valence-corrected chi connectivity index (χ1v) is 30.1. The van der Waals surface area contributed by atoms with Gasteiger partial charge in [0.2, 0.25) is 0 Å². The highest BCUT2D eigenvalue weighted by Gasteiger charge is 2.27. The Morgan fingerprint density at radius 3 is 1.39 bits per heavy atom. The molecule has 13 aromatic rings. The highest BCUT2D eigenvalue weighted by molar-refractivity contribution is 6.26. The van der Waals surface area contributed by atoms with Gasteiger partial charge in [-0.2, -0.15) is 0 Å². The number of anilines is 5. The molecule has 0 fully saturated rings. The molecule has 1 aliphatic rings. The minimum atomic E-state index is 0.0378. The second-order valence-corrected chi connectivity index (χ2v) is 28.0. The molecule has 0 aliphatic heterocycles. The number of nitrogens with zero attached hydrogens (tertiary/aromatic N) is 3. The summed E-state index contributed by atoms with van der Waals surface area (Å²) < 4.78 is 8.94. The summed E-state index contributed by atoms with van der Waals surface area (Å²) in [6.45, 7) is 29.8. The van der Waals surface area contributed by atoms with Gasteiger partial charge < -0.3 is 18.6 Å². The predicted molar refractivity (Wildman–Crippen MR) is 362 cm³/mol. The highest BCUT2D eigenvalue weighted by Crippen LogP contribution is 2.47. The standard InChI is InChI=1S/C80H75N3O/c1-49-18-19-50-41-66-69-44-54(52-21-39-75-68(43-52)65-16-14-15-17-74(65)84-75)45-70-67-42-51-20-30-64(81(60-31-22-56(23-32-60)77(2,3)4)61-33-24-57(25-34-61)78(5,6)7)40-53(51)47-72(67)83(76(69)70)73(66)48-55(50)46-71(49)82(62-35-26-58(27-36-62)79(8,9)10)63-37-28-59(29-38-63)80(11,12)13/h14-49H,1-13H3/t49-/m1/s1. The number of benzene rings is 10. The maximum absolute atomic E-state index is 6.36. The van der Waals surface area contributed by atoms with Crippen LogP contribution >= 0.6 is 0 Å². The molecule has 3 aromatic heterocycles.